The fourth-order valence-electron chi connectivity index (χ4n) is 5.11. The lowest BCUT2D eigenvalue weighted by molar-refractivity contribution is -0.144. The maximum atomic E-state index is 15.0. The number of allylic oxidation sites excluding steroid dienone is 2. The summed E-state index contributed by atoms with van der Waals surface area (Å²) in [7, 11) is 0. The quantitative estimate of drug-likeness (QED) is 0.155. The molecule has 190 valence electrons. The minimum Gasteiger partial charge on any atom is -0.464 e. The molecule has 0 bridgehead atoms. The summed E-state index contributed by atoms with van der Waals surface area (Å²) in [5, 5.41) is 0. The number of ether oxygens (including phenoxy) is 2. The van der Waals surface area contributed by atoms with Gasteiger partial charge in [-0.1, -0.05) is 37.3 Å². The number of alkyl halides is 1. The Hall–Kier alpha value is -1.37. The molecular formula is C28H42FNO3S. The maximum absolute atomic E-state index is 15.0. The van der Waals surface area contributed by atoms with Gasteiger partial charge in [0.05, 0.1) is 13.2 Å². The molecule has 1 saturated heterocycles. The molecule has 0 aromatic heterocycles. The van der Waals surface area contributed by atoms with Crippen LogP contribution >= 0.6 is 11.8 Å². The van der Waals surface area contributed by atoms with Gasteiger partial charge >= 0.3 is 5.97 Å². The van der Waals surface area contributed by atoms with E-state index in [9.17, 15) is 9.18 Å². The molecule has 2 unspecified atom stereocenters. The topological polar surface area (TPSA) is 38.8 Å². The summed E-state index contributed by atoms with van der Waals surface area (Å²) in [5.41, 5.74) is 2.56. The zero-order chi connectivity index (χ0) is 24.3. The van der Waals surface area contributed by atoms with Crippen LogP contribution in [0.3, 0.4) is 0 Å². The van der Waals surface area contributed by atoms with Gasteiger partial charge in [0.2, 0.25) is 0 Å². The van der Waals surface area contributed by atoms with Crippen molar-refractivity contribution in [1.82, 2.24) is 4.90 Å². The molecule has 1 aliphatic heterocycles. The second kappa shape index (κ2) is 14.3. The molecule has 1 aliphatic carbocycles. The van der Waals surface area contributed by atoms with E-state index in [1.54, 1.807) is 0 Å². The number of rotatable bonds is 12. The maximum Gasteiger partial charge on any atom is 0.305 e. The molecule has 1 saturated carbocycles. The minimum atomic E-state index is -0.720. The van der Waals surface area contributed by atoms with Gasteiger partial charge in [-0.25, -0.2) is 4.39 Å². The molecule has 6 heteroatoms. The predicted octanol–water partition coefficient (Wildman–Crippen LogP) is 6.00. The lowest BCUT2D eigenvalue weighted by Crippen LogP contribution is -2.38. The van der Waals surface area contributed by atoms with Crippen LogP contribution in [-0.2, 0) is 14.3 Å². The standard InChI is InChI=1S/C28H42FNO3S/c1-21-9-8-10-22(2)28(21)34-20-25-24(19-23(3)27(25)29)11-6-4-5-7-12-26(31)33-18-15-30-13-16-32-17-14-30/h4,6,8-10,23-25,27H,5,7,11-20H2,1-3H3/b6-4-/t23?,24-,25+,27?/m0/s1. The van der Waals surface area contributed by atoms with E-state index < -0.39 is 6.17 Å². The van der Waals surface area contributed by atoms with Gasteiger partial charge < -0.3 is 9.47 Å². The fourth-order valence-corrected chi connectivity index (χ4v) is 6.51. The number of unbranched alkanes of at least 4 members (excludes halogenated alkanes) is 1. The van der Waals surface area contributed by atoms with Crippen molar-refractivity contribution in [1.29, 1.82) is 0 Å². The monoisotopic (exact) mass is 491 g/mol. The van der Waals surface area contributed by atoms with Gasteiger partial charge in [0.1, 0.15) is 12.8 Å². The van der Waals surface area contributed by atoms with Crippen molar-refractivity contribution in [2.75, 3.05) is 45.2 Å². The average Bonchev–Trinajstić information content (AvgIpc) is 3.09. The first-order valence-corrected chi connectivity index (χ1v) is 13.9. The van der Waals surface area contributed by atoms with Gasteiger partial charge in [-0.05, 0) is 62.5 Å². The van der Waals surface area contributed by atoms with Crippen molar-refractivity contribution >= 4 is 17.7 Å². The molecule has 1 aromatic carbocycles. The molecule has 0 radical (unpaired) electrons. The van der Waals surface area contributed by atoms with E-state index in [1.165, 1.54) is 16.0 Å². The van der Waals surface area contributed by atoms with Crippen LogP contribution in [0.5, 0.6) is 0 Å². The number of esters is 1. The minimum absolute atomic E-state index is 0.102. The van der Waals surface area contributed by atoms with Crippen LogP contribution in [0.25, 0.3) is 0 Å². The summed E-state index contributed by atoms with van der Waals surface area (Å²) in [4.78, 5) is 15.5. The zero-order valence-corrected chi connectivity index (χ0v) is 22.0. The number of thioether (sulfide) groups is 1. The van der Waals surface area contributed by atoms with Crippen molar-refractivity contribution in [3.8, 4) is 0 Å². The van der Waals surface area contributed by atoms with Crippen molar-refractivity contribution in [2.24, 2.45) is 17.8 Å². The summed E-state index contributed by atoms with van der Waals surface area (Å²) in [6, 6.07) is 6.36. The smallest absolute Gasteiger partial charge is 0.305 e. The van der Waals surface area contributed by atoms with Crippen LogP contribution in [0.1, 0.15) is 50.2 Å². The Morgan fingerprint density at radius 1 is 1.24 bits per heavy atom. The Bertz CT molecular complexity index is 776. The van der Waals surface area contributed by atoms with Crippen molar-refractivity contribution in [2.45, 2.75) is 63.9 Å². The van der Waals surface area contributed by atoms with Gasteiger partial charge in [-0.3, -0.25) is 9.69 Å². The molecule has 0 N–H and O–H groups in total. The second-order valence-electron chi connectivity index (χ2n) is 9.89. The number of nitrogens with zero attached hydrogens (tertiary/aromatic N) is 1. The van der Waals surface area contributed by atoms with E-state index in [0.717, 1.165) is 64.3 Å². The first-order chi connectivity index (χ1) is 16.5. The SMILES string of the molecule is Cc1cccc(C)c1SC[C@H]1C(F)C(C)C[C@@H]1C/C=C\CCCC(=O)OCCN1CCOCC1. The Morgan fingerprint density at radius 3 is 2.71 bits per heavy atom. The van der Waals surface area contributed by atoms with Crippen LogP contribution in [0.15, 0.2) is 35.2 Å². The number of aryl methyl sites for hydroxylation is 2. The first-order valence-electron chi connectivity index (χ1n) is 12.9. The van der Waals surface area contributed by atoms with E-state index in [0.29, 0.717) is 18.9 Å². The van der Waals surface area contributed by atoms with Crippen molar-refractivity contribution < 1.29 is 18.7 Å². The van der Waals surface area contributed by atoms with E-state index in [1.807, 2.05) is 11.8 Å². The predicted molar refractivity (Wildman–Crippen MR) is 138 cm³/mol. The highest BCUT2D eigenvalue weighted by Gasteiger charge is 2.40. The fraction of sp³-hybridized carbons (Fsp3) is 0.679. The summed E-state index contributed by atoms with van der Waals surface area (Å²) >= 11 is 1.82. The third kappa shape index (κ3) is 8.39. The number of carbonyl (C=O) groups is 1. The molecule has 1 aromatic rings. The average molecular weight is 492 g/mol. The van der Waals surface area contributed by atoms with Gasteiger partial charge in [0.15, 0.2) is 0 Å². The van der Waals surface area contributed by atoms with Gasteiger partial charge in [-0.15, -0.1) is 11.8 Å². The number of hydrogen-bond acceptors (Lipinski definition) is 5. The number of hydrogen-bond donors (Lipinski definition) is 0. The van der Waals surface area contributed by atoms with E-state index in [4.69, 9.17) is 9.47 Å². The molecule has 4 nitrogen and oxygen atoms in total. The molecule has 4 atom stereocenters. The molecule has 2 aliphatic rings. The van der Waals surface area contributed by atoms with Crippen LogP contribution in [-0.4, -0.2) is 62.2 Å². The van der Waals surface area contributed by atoms with Gasteiger partial charge in [0, 0.05) is 42.6 Å². The number of morpholine rings is 1. The summed E-state index contributed by atoms with van der Waals surface area (Å²) in [5.74, 6) is 1.35. The van der Waals surface area contributed by atoms with E-state index >= 15 is 0 Å². The molecule has 34 heavy (non-hydrogen) atoms. The normalized spacial score (nSPS) is 25.8. The molecule has 0 amide bonds. The Labute approximate surface area is 209 Å². The summed E-state index contributed by atoms with van der Waals surface area (Å²) in [6.07, 6.45) is 7.64. The lowest BCUT2D eigenvalue weighted by atomic mass is 9.93. The highest BCUT2D eigenvalue weighted by atomic mass is 32.2. The van der Waals surface area contributed by atoms with E-state index in [2.05, 4.69) is 56.0 Å². The first kappa shape index (κ1) is 27.2. The summed E-state index contributed by atoms with van der Waals surface area (Å²) in [6.45, 7) is 10.9. The highest BCUT2D eigenvalue weighted by Crippen LogP contribution is 2.44. The summed E-state index contributed by atoms with van der Waals surface area (Å²) < 4.78 is 25.7. The third-order valence-corrected chi connectivity index (χ3v) is 8.68. The van der Waals surface area contributed by atoms with Crippen molar-refractivity contribution in [3.63, 3.8) is 0 Å². The van der Waals surface area contributed by atoms with Gasteiger partial charge in [0.25, 0.3) is 0 Å². The third-order valence-electron chi connectivity index (χ3n) is 7.19. The van der Waals surface area contributed by atoms with E-state index in [-0.39, 0.29) is 17.8 Å². The second-order valence-corrected chi connectivity index (χ2v) is 10.9. The number of halogens is 1. The van der Waals surface area contributed by atoms with Crippen LogP contribution in [0.2, 0.25) is 0 Å². The Balaban J connectivity index is 1.33. The molecule has 0 spiro atoms. The lowest BCUT2D eigenvalue weighted by Gasteiger charge is -2.26. The molecule has 2 fully saturated rings. The van der Waals surface area contributed by atoms with Gasteiger partial charge in [-0.2, -0.15) is 0 Å². The molecular weight excluding hydrogens is 449 g/mol. The van der Waals surface area contributed by atoms with Crippen LogP contribution < -0.4 is 0 Å². The number of benzene rings is 1. The van der Waals surface area contributed by atoms with Crippen LogP contribution in [0, 0.1) is 31.6 Å². The highest BCUT2D eigenvalue weighted by molar-refractivity contribution is 7.99. The Kier molecular flexibility index (Phi) is 11.4. The molecule has 3 rings (SSSR count). The van der Waals surface area contributed by atoms with Crippen LogP contribution in [0.4, 0.5) is 4.39 Å². The Morgan fingerprint density at radius 2 is 1.97 bits per heavy atom. The largest absolute Gasteiger partial charge is 0.464 e. The van der Waals surface area contributed by atoms with Crippen molar-refractivity contribution in [3.05, 3.63) is 41.5 Å². The molecule has 1 heterocycles. The number of carbonyl (C=O) groups excluding carboxylic acids is 1. The zero-order valence-electron chi connectivity index (χ0n) is 21.1.